The number of ether oxygens (including phenoxy) is 2. The smallest absolute Gasteiger partial charge is 0.244 e. The molecule has 0 bridgehead atoms. The van der Waals surface area contributed by atoms with Gasteiger partial charge in [0.15, 0.2) is 0 Å². The van der Waals surface area contributed by atoms with Crippen molar-refractivity contribution in [3.63, 3.8) is 0 Å². The van der Waals surface area contributed by atoms with Gasteiger partial charge in [-0.05, 0) is 36.8 Å². The van der Waals surface area contributed by atoms with Gasteiger partial charge in [-0.25, -0.2) is 0 Å². The Balaban J connectivity index is 2.18. The van der Waals surface area contributed by atoms with Crippen LogP contribution < -0.4 is 19.7 Å². The van der Waals surface area contributed by atoms with E-state index in [0.29, 0.717) is 22.9 Å². The third-order valence-electron chi connectivity index (χ3n) is 3.68. The zero-order valence-corrected chi connectivity index (χ0v) is 14.8. The van der Waals surface area contributed by atoms with Crippen LogP contribution in [0.4, 0.5) is 11.4 Å². The second-order valence-corrected chi connectivity index (χ2v) is 5.56. The minimum absolute atomic E-state index is 0.0981. The summed E-state index contributed by atoms with van der Waals surface area (Å²) in [6, 6.07) is 12.6. The summed E-state index contributed by atoms with van der Waals surface area (Å²) in [4.78, 5) is 25.8. The lowest BCUT2D eigenvalue weighted by molar-refractivity contribution is -0.120. The van der Waals surface area contributed by atoms with E-state index >= 15 is 0 Å². The van der Waals surface area contributed by atoms with E-state index in [9.17, 15) is 9.59 Å². The van der Waals surface area contributed by atoms with Crippen LogP contribution in [0.1, 0.15) is 12.5 Å². The molecule has 0 unspecified atom stereocenters. The number of aryl methyl sites for hydroxylation is 1. The fourth-order valence-electron chi connectivity index (χ4n) is 2.43. The standard InChI is InChI=1S/C19H22N2O4/c1-13-6-5-7-15(10-13)21(14(2)22)12-19(23)20-17-11-16(24-3)8-9-18(17)25-4/h5-11H,12H2,1-4H3,(H,20,23). The summed E-state index contributed by atoms with van der Waals surface area (Å²) in [6.07, 6.45) is 0. The summed E-state index contributed by atoms with van der Waals surface area (Å²) >= 11 is 0. The van der Waals surface area contributed by atoms with Crippen LogP contribution in [0.5, 0.6) is 11.5 Å². The molecule has 0 fully saturated rings. The van der Waals surface area contributed by atoms with Gasteiger partial charge in [0.05, 0.1) is 19.9 Å². The molecule has 132 valence electrons. The summed E-state index contributed by atoms with van der Waals surface area (Å²) in [5.41, 5.74) is 2.18. The first-order valence-electron chi connectivity index (χ1n) is 7.81. The van der Waals surface area contributed by atoms with Gasteiger partial charge in [0.25, 0.3) is 0 Å². The summed E-state index contributed by atoms with van der Waals surface area (Å²) in [7, 11) is 3.06. The van der Waals surface area contributed by atoms with Crippen molar-refractivity contribution in [3.8, 4) is 11.5 Å². The van der Waals surface area contributed by atoms with E-state index < -0.39 is 0 Å². The predicted molar refractivity (Wildman–Crippen MR) is 97.4 cm³/mol. The van der Waals surface area contributed by atoms with Crippen molar-refractivity contribution < 1.29 is 19.1 Å². The van der Waals surface area contributed by atoms with Crippen molar-refractivity contribution in [3.05, 3.63) is 48.0 Å². The van der Waals surface area contributed by atoms with Crippen molar-refractivity contribution in [1.29, 1.82) is 0 Å². The number of hydrogen-bond donors (Lipinski definition) is 1. The second kappa shape index (κ2) is 8.19. The topological polar surface area (TPSA) is 67.9 Å². The maximum Gasteiger partial charge on any atom is 0.244 e. The first-order valence-corrected chi connectivity index (χ1v) is 7.81. The van der Waals surface area contributed by atoms with E-state index in [0.717, 1.165) is 5.56 Å². The number of carbonyl (C=O) groups excluding carboxylic acids is 2. The van der Waals surface area contributed by atoms with Crippen LogP contribution >= 0.6 is 0 Å². The Morgan fingerprint density at radius 1 is 1.08 bits per heavy atom. The van der Waals surface area contributed by atoms with Crippen LogP contribution in [-0.2, 0) is 9.59 Å². The number of carbonyl (C=O) groups is 2. The van der Waals surface area contributed by atoms with Crippen LogP contribution in [0.25, 0.3) is 0 Å². The second-order valence-electron chi connectivity index (χ2n) is 5.56. The normalized spacial score (nSPS) is 10.1. The number of hydrogen-bond acceptors (Lipinski definition) is 4. The Labute approximate surface area is 147 Å². The van der Waals surface area contributed by atoms with Gasteiger partial charge in [0, 0.05) is 18.7 Å². The number of anilines is 2. The molecular weight excluding hydrogens is 320 g/mol. The van der Waals surface area contributed by atoms with E-state index in [1.165, 1.54) is 18.9 Å². The number of nitrogens with zero attached hydrogens (tertiary/aromatic N) is 1. The molecule has 0 saturated heterocycles. The molecule has 0 aliphatic rings. The fourth-order valence-corrected chi connectivity index (χ4v) is 2.43. The first-order chi connectivity index (χ1) is 11.9. The molecule has 0 heterocycles. The largest absolute Gasteiger partial charge is 0.497 e. The highest BCUT2D eigenvalue weighted by Crippen LogP contribution is 2.29. The number of amides is 2. The lowest BCUT2D eigenvalue weighted by Crippen LogP contribution is -2.36. The fraction of sp³-hybridized carbons (Fsp3) is 0.263. The quantitative estimate of drug-likeness (QED) is 0.876. The molecule has 6 heteroatoms. The van der Waals surface area contributed by atoms with E-state index in [4.69, 9.17) is 9.47 Å². The Kier molecular flexibility index (Phi) is 6.00. The SMILES string of the molecule is COc1ccc(OC)c(NC(=O)CN(C(C)=O)c2cccc(C)c2)c1. The molecule has 2 aromatic rings. The minimum Gasteiger partial charge on any atom is -0.497 e. The predicted octanol–water partition coefficient (Wildman–Crippen LogP) is 3.00. The number of nitrogens with one attached hydrogen (secondary N) is 1. The van der Waals surface area contributed by atoms with Crippen molar-refractivity contribution in [2.45, 2.75) is 13.8 Å². The number of methoxy groups -OCH3 is 2. The maximum atomic E-state index is 12.5. The van der Waals surface area contributed by atoms with E-state index in [-0.39, 0.29) is 18.4 Å². The Bertz CT molecular complexity index is 774. The minimum atomic E-state index is -0.330. The number of benzene rings is 2. The van der Waals surface area contributed by atoms with Crippen molar-refractivity contribution in [2.75, 3.05) is 31.0 Å². The molecule has 25 heavy (non-hydrogen) atoms. The van der Waals surface area contributed by atoms with Gasteiger partial charge >= 0.3 is 0 Å². The molecule has 6 nitrogen and oxygen atoms in total. The van der Waals surface area contributed by atoms with Crippen molar-refractivity contribution >= 4 is 23.2 Å². The molecule has 2 aromatic carbocycles. The monoisotopic (exact) mass is 342 g/mol. The molecule has 1 N–H and O–H groups in total. The molecule has 0 aromatic heterocycles. The molecule has 0 spiro atoms. The van der Waals surface area contributed by atoms with Gasteiger partial charge < -0.3 is 19.7 Å². The third-order valence-corrected chi connectivity index (χ3v) is 3.68. The number of rotatable bonds is 6. The average Bonchev–Trinajstić information content (AvgIpc) is 2.59. The van der Waals surface area contributed by atoms with Gasteiger partial charge in [-0.2, -0.15) is 0 Å². The van der Waals surface area contributed by atoms with Crippen LogP contribution in [0.15, 0.2) is 42.5 Å². The van der Waals surface area contributed by atoms with Gasteiger partial charge in [-0.1, -0.05) is 12.1 Å². The van der Waals surface area contributed by atoms with E-state index in [1.807, 2.05) is 25.1 Å². The van der Waals surface area contributed by atoms with Gasteiger partial charge in [0.1, 0.15) is 18.0 Å². The van der Waals surface area contributed by atoms with Gasteiger partial charge in [-0.3, -0.25) is 9.59 Å². The molecule has 0 atom stereocenters. The summed E-state index contributed by atoms with van der Waals surface area (Å²) < 4.78 is 10.4. The molecule has 2 rings (SSSR count). The molecule has 0 saturated carbocycles. The van der Waals surface area contributed by atoms with Gasteiger partial charge in [-0.15, -0.1) is 0 Å². The molecular formula is C19H22N2O4. The average molecular weight is 342 g/mol. The van der Waals surface area contributed by atoms with E-state index in [2.05, 4.69) is 5.32 Å². The highest BCUT2D eigenvalue weighted by Gasteiger charge is 2.17. The first kappa shape index (κ1) is 18.3. The Hall–Kier alpha value is -3.02. The highest BCUT2D eigenvalue weighted by molar-refractivity contribution is 6.02. The highest BCUT2D eigenvalue weighted by atomic mass is 16.5. The lowest BCUT2D eigenvalue weighted by Gasteiger charge is -2.21. The zero-order chi connectivity index (χ0) is 18.4. The van der Waals surface area contributed by atoms with Crippen molar-refractivity contribution in [1.82, 2.24) is 0 Å². The van der Waals surface area contributed by atoms with Gasteiger partial charge in [0.2, 0.25) is 11.8 Å². The van der Waals surface area contributed by atoms with Crippen molar-refractivity contribution in [2.24, 2.45) is 0 Å². The molecule has 0 aliphatic carbocycles. The van der Waals surface area contributed by atoms with Crippen LogP contribution in [0.2, 0.25) is 0 Å². The van der Waals surface area contributed by atoms with E-state index in [1.54, 1.807) is 31.4 Å². The lowest BCUT2D eigenvalue weighted by atomic mass is 10.2. The maximum absolute atomic E-state index is 12.5. The van der Waals surface area contributed by atoms with Crippen LogP contribution in [0.3, 0.4) is 0 Å². The Morgan fingerprint density at radius 2 is 1.84 bits per heavy atom. The molecule has 0 radical (unpaired) electrons. The van der Waals surface area contributed by atoms with Crippen LogP contribution in [-0.4, -0.2) is 32.6 Å². The Morgan fingerprint density at radius 3 is 2.44 bits per heavy atom. The summed E-state index contributed by atoms with van der Waals surface area (Å²) in [6.45, 7) is 3.27. The van der Waals surface area contributed by atoms with Crippen LogP contribution in [0, 0.1) is 6.92 Å². The zero-order valence-electron chi connectivity index (χ0n) is 14.8. The molecule has 2 amide bonds. The summed E-state index contributed by atoms with van der Waals surface area (Å²) in [5.74, 6) is 0.568. The third kappa shape index (κ3) is 4.73. The molecule has 0 aliphatic heterocycles. The summed E-state index contributed by atoms with van der Waals surface area (Å²) in [5, 5.41) is 2.77.